The molecule has 0 radical (unpaired) electrons. The third-order valence-corrected chi connectivity index (χ3v) is 6.86. The molecule has 0 spiro atoms. The van der Waals surface area contributed by atoms with E-state index in [2.05, 4.69) is 20.5 Å². The van der Waals surface area contributed by atoms with Gasteiger partial charge in [-0.15, -0.1) is 16.4 Å². The van der Waals surface area contributed by atoms with Crippen molar-refractivity contribution in [1.82, 2.24) is 20.2 Å². The van der Waals surface area contributed by atoms with Crippen molar-refractivity contribution in [3.8, 4) is 10.6 Å². The molecule has 1 atom stereocenters. The normalized spacial score (nSPS) is 17.4. The highest BCUT2D eigenvalue weighted by atomic mass is 32.1. The molecule has 5 rings (SSSR count). The molecule has 3 heterocycles. The Kier molecular flexibility index (Phi) is 5.35. The quantitative estimate of drug-likeness (QED) is 0.403. The predicted molar refractivity (Wildman–Crippen MR) is 125 cm³/mol. The van der Waals surface area contributed by atoms with Crippen LogP contribution in [0.2, 0.25) is 0 Å². The molecular weight excluding hydrogens is 438 g/mol. The summed E-state index contributed by atoms with van der Waals surface area (Å²) in [4.78, 5) is 21.4. The number of aromatic carboxylic acids is 1. The third-order valence-electron chi connectivity index (χ3n) is 5.69. The highest BCUT2D eigenvalue weighted by Gasteiger charge is 2.39. The fraction of sp³-hybridized carbons (Fsp3) is 0.208. The Morgan fingerprint density at radius 3 is 2.85 bits per heavy atom. The van der Waals surface area contributed by atoms with E-state index in [4.69, 9.17) is 4.98 Å². The molecule has 0 fully saturated rings. The van der Waals surface area contributed by atoms with Crippen LogP contribution in [0.15, 0.2) is 54.9 Å². The molecule has 0 aliphatic heterocycles. The molecule has 8 nitrogen and oxygen atoms in total. The summed E-state index contributed by atoms with van der Waals surface area (Å²) >= 11 is 1.39. The Balaban J connectivity index is 1.49. The number of thiazole rings is 1. The summed E-state index contributed by atoms with van der Waals surface area (Å²) in [5.41, 5.74) is 2.31. The Bertz CT molecular complexity index is 1340. The van der Waals surface area contributed by atoms with E-state index >= 15 is 0 Å². The van der Waals surface area contributed by atoms with Gasteiger partial charge in [0.05, 0.1) is 16.1 Å². The number of nitrogens with one attached hydrogen (secondary N) is 1. The lowest BCUT2D eigenvalue weighted by Crippen LogP contribution is -2.32. The van der Waals surface area contributed by atoms with Gasteiger partial charge in [-0.3, -0.25) is 0 Å². The second-order valence-corrected chi connectivity index (χ2v) is 9.10. The van der Waals surface area contributed by atoms with Crippen molar-refractivity contribution in [2.75, 3.05) is 5.32 Å². The number of fused-ring (bicyclic) bond motifs is 1. The fourth-order valence-corrected chi connectivity index (χ4v) is 5.18. The second-order valence-electron chi connectivity index (χ2n) is 8.07. The lowest BCUT2D eigenvalue weighted by molar-refractivity contribution is 0.0607. The number of aromatic nitrogens is 4. The van der Waals surface area contributed by atoms with Crippen molar-refractivity contribution >= 4 is 28.9 Å². The number of rotatable bonds is 5. The number of aryl methyl sites for hydroxylation is 2. The topological polar surface area (TPSA) is 121 Å². The van der Waals surface area contributed by atoms with Crippen molar-refractivity contribution < 1.29 is 15.0 Å². The summed E-state index contributed by atoms with van der Waals surface area (Å²) in [7, 11) is 0. The molecule has 0 amide bonds. The molecule has 9 heteroatoms. The van der Waals surface area contributed by atoms with E-state index in [1.54, 1.807) is 36.7 Å². The smallest absolute Gasteiger partial charge is 0.335 e. The molecule has 0 bridgehead atoms. The van der Waals surface area contributed by atoms with Crippen LogP contribution in [0.5, 0.6) is 0 Å². The summed E-state index contributed by atoms with van der Waals surface area (Å²) in [6.07, 6.45) is 5.34. The maximum absolute atomic E-state index is 11.6. The number of carbonyl (C=O) groups is 1. The van der Waals surface area contributed by atoms with E-state index in [0.29, 0.717) is 23.1 Å². The maximum Gasteiger partial charge on any atom is 0.335 e. The zero-order valence-corrected chi connectivity index (χ0v) is 18.6. The molecule has 33 heavy (non-hydrogen) atoms. The first-order valence-corrected chi connectivity index (χ1v) is 11.3. The Hall–Kier alpha value is -3.69. The highest BCUT2D eigenvalue weighted by molar-refractivity contribution is 7.15. The van der Waals surface area contributed by atoms with Gasteiger partial charge in [0.1, 0.15) is 16.4 Å². The molecule has 166 valence electrons. The first kappa shape index (κ1) is 21.2. The predicted octanol–water partition coefficient (Wildman–Crippen LogP) is 4.32. The van der Waals surface area contributed by atoms with E-state index in [-0.39, 0.29) is 5.56 Å². The first-order valence-electron chi connectivity index (χ1n) is 10.5. The standard InChI is InChI=1S/C24H21N5O3S/c1-14-10-18(27-21(11-14)28-20-5-3-9-26-29-20)19-13-25-23(33-19)24(32)8-2-4-15-12-16(22(30)31)6-7-17(15)24/h3,5-7,9-13,32H,2,4,8H2,1H3,(H,30,31)(H,27,28,29)/t24-/m0/s1. The maximum atomic E-state index is 11.6. The van der Waals surface area contributed by atoms with Gasteiger partial charge in [-0.05, 0) is 79.3 Å². The number of aliphatic hydroxyl groups is 1. The number of pyridine rings is 1. The zero-order chi connectivity index (χ0) is 23.0. The summed E-state index contributed by atoms with van der Waals surface area (Å²) in [5, 5.41) is 32.6. The van der Waals surface area contributed by atoms with E-state index in [0.717, 1.165) is 40.1 Å². The molecule has 0 saturated heterocycles. The Morgan fingerprint density at radius 1 is 1.18 bits per heavy atom. The van der Waals surface area contributed by atoms with Crippen LogP contribution < -0.4 is 5.32 Å². The summed E-state index contributed by atoms with van der Waals surface area (Å²) in [5.74, 6) is 0.267. The van der Waals surface area contributed by atoms with Gasteiger partial charge in [0.15, 0.2) is 5.82 Å². The van der Waals surface area contributed by atoms with Gasteiger partial charge in [0.2, 0.25) is 0 Å². The van der Waals surface area contributed by atoms with Crippen molar-refractivity contribution in [1.29, 1.82) is 0 Å². The number of benzene rings is 1. The van der Waals surface area contributed by atoms with E-state index in [9.17, 15) is 15.0 Å². The van der Waals surface area contributed by atoms with Gasteiger partial charge in [0.25, 0.3) is 0 Å². The number of hydrogen-bond donors (Lipinski definition) is 3. The van der Waals surface area contributed by atoms with Crippen molar-refractivity contribution in [2.45, 2.75) is 31.8 Å². The van der Waals surface area contributed by atoms with Crippen LogP contribution in [0.4, 0.5) is 11.6 Å². The van der Waals surface area contributed by atoms with Crippen molar-refractivity contribution in [3.63, 3.8) is 0 Å². The second kappa shape index (κ2) is 8.34. The van der Waals surface area contributed by atoms with E-state index < -0.39 is 11.6 Å². The van der Waals surface area contributed by atoms with Crippen LogP contribution in [0.1, 0.15) is 44.9 Å². The van der Waals surface area contributed by atoms with Crippen LogP contribution in [-0.2, 0) is 12.0 Å². The number of carboxylic acids is 1. The molecule has 1 aliphatic rings. The minimum Gasteiger partial charge on any atom is -0.478 e. The van der Waals surface area contributed by atoms with Crippen molar-refractivity contribution in [3.05, 3.63) is 82.1 Å². The van der Waals surface area contributed by atoms with Gasteiger partial charge in [0, 0.05) is 12.4 Å². The van der Waals surface area contributed by atoms with Gasteiger partial charge < -0.3 is 15.5 Å². The largest absolute Gasteiger partial charge is 0.478 e. The zero-order valence-electron chi connectivity index (χ0n) is 17.8. The Labute approximate surface area is 194 Å². The van der Waals surface area contributed by atoms with Gasteiger partial charge >= 0.3 is 5.97 Å². The summed E-state index contributed by atoms with van der Waals surface area (Å²) in [6, 6.07) is 12.4. The highest BCUT2D eigenvalue weighted by Crippen LogP contribution is 2.43. The average Bonchev–Trinajstić information content (AvgIpc) is 3.31. The molecule has 4 aromatic rings. The number of anilines is 2. The van der Waals surface area contributed by atoms with Crippen molar-refractivity contribution in [2.24, 2.45) is 0 Å². The van der Waals surface area contributed by atoms with Crippen LogP contribution in [-0.4, -0.2) is 36.3 Å². The lowest BCUT2D eigenvalue weighted by atomic mass is 9.79. The molecule has 3 N–H and O–H groups in total. The number of nitrogens with zero attached hydrogens (tertiary/aromatic N) is 4. The monoisotopic (exact) mass is 459 g/mol. The summed E-state index contributed by atoms with van der Waals surface area (Å²) < 4.78 is 0. The van der Waals surface area contributed by atoms with Crippen LogP contribution in [0, 0.1) is 6.92 Å². The molecule has 1 aliphatic carbocycles. The van der Waals surface area contributed by atoms with Gasteiger partial charge in [-0.25, -0.2) is 14.8 Å². The lowest BCUT2D eigenvalue weighted by Gasteiger charge is -2.33. The van der Waals surface area contributed by atoms with Gasteiger partial charge in [-0.2, -0.15) is 5.10 Å². The van der Waals surface area contributed by atoms with E-state index in [1.165, 1.54) is 11.3 Å². The molecular formula is C24H21N5O3S. The first-order chi connectivity index (χ1) is 15.9. The third kappa shape index (κ3) is 4.08. The molecule has 0 saturated carbocycles. The minimum atomic E-state index is -1.25. The average molecular weight is 460 g/mol. The van der Waals surface area contributed by atoms with E-state index in [1.807, 2.05) is 25.1 Å². The number of hydrogen-bond acceptors (Lipinski definition) is 8. The SMILES string of the molecule is Cc1cc(Nc2cccnn2)nc(-c2cnc([C@]3(O)CCCc4cc(C(=O)O)ccc43)s2)c1. The Morgan fingerprint density at radius 2 is 2.06 bits per heavy atom. The van der Waals surface area contributed by atoms with Crippen LogP contribution in [0.3, 0.4) is 0 Å². The molecule has 3 aromatic heterocycles. The van der Waals surface area contributed by atoms with Gasteiger partial charge in [-0.1, -0.05) is 6.07 Å². The number of carboxylic acid groups (broad SMARTS) is 1. The molecule has 1 aromatic carbocycles. The minimum absolute atomic E-state index is 0.227. The summed E-state index contributed by atoms with van der Waals surface area (Å²) in [6.45, 7) is 1.99. The van der Waals surface area contributed by atoms with Crippen LogP contribution >= 0.6 is 11.3 Å². The fourth-order valence-electron chi connectivity index (χ4n) is 4.17. The molecule has 0 unspecified atom stereocenters. The van der Waals surface area contributed by atoms with Crippen LogP contribution in [0.25, 0.3) is 10.6 Å².